The van der Waals surface area contributed by atoms with E-state index in [1.807, 2.05) is 6.07 Å². The minimum Gasteiger partial charge on any atom is -0.457 e. The van der Waals surface area contributed by atoms with Gasteiger partial charge in [-0.1, -0.05) is 6.07 Å². The molecule has 0 unspecified atom stereocenters. The van der Waals surface area contributed by atoms with Crippen molar-refractivity contribution in [3.05, 3.63) is 59.2 Å². The second kappa shape index (κ2) is 6.06. The van der Waals surface area contributed by atoms with Crippen LogP contribution in [0, 0.1) is 11.3 Å². The molecule has 2 aromatic rings. The molecule has 2 nitrogen and oxygen atoms in total. The SMILES string of the molecule is N#Cc1ccc(Oc2ccc(CCl)cc2C(F)(F)F)cc1. The number of hydrogen-bond donors (Lipinski definition) is 0. The second-order valence-electron chi connectivity index (χ2n) is 4.20. The van der Waals surface area contributed by atoms with Gasteiger partial charge in [0.1, 0.15) is 11.5 Å². The first kappa shape index (κ1) is 15.2. The van der Waals surface area contributed by atoms with Gasteiger partial charge >= 0.3 is 6.18 Å². The zero-order chi connectivity index (χ0) is 15.5. The zero-order valence-electron chi connectivity index (χ0n) is 10.6. The average molecular weight is 312 g/mol. The molecule has 0 aromatic heterocycles. The molecule has 0 amide bonds. The van der Waals surface area contributed by atoms with E-state index in [2.05, 4.69) is 0 Å². The molecular formula is C15H9ClF3NO. The third kappa shape index (κ3) is 3.67. The summed E-state index contributed by atoms with van der Waals surface area (Å²) in [5.74, 6) is -0.0977. The van der Waals surface area contributed by atoms with Gasteiger partial charge in [-0.2, -0.15) is 18.4 Å². The topological polar surface area (TPSA) is 33.0 Å². The number of rotatable bonds is 3. The van der Waals surface area contributed by atoms with E-state index in [9.17, 15) is 13.2 Å². The van der Waals surface area contributed by atoms with Crippen molar-refractivity contribution in [1.82, 2.24) is 0 Å². The minimum atomic E-state index is -4.54. The molecule has 0 saturated heterocycles. The Bertz CT molecular complexity index is 675. The Kier molecular flexibility index (Phi) is 4.39. The van der Waals surface area contributed by atoms with Crippen molar-refractivity contribution in [2.24, 2.45) is 0 Å². The molecule has 0 N–H and O–H groups in total. The largest absolute Gasteiger partial charge is 0.457 e. The van der Waals surface area contributed by atoms with Crippen LogP contribution in [0.1, 0.15) is 16.7 Å². The van der Waals surface area contributed by atoms with Gasteiger partial charge in [0.2, 0.25) is 0 Å². The molecule has 2 aromatic carbocycles. The molecule has 0 radical (unpaired) electrons. The van der Waals surface area contributed by atoms with Crippen molar-refractivity contribution in [3.8, 4) is 17.6 Å². The van der Waals surface area contributed by atoms with E-state index in [1.165, 1.54) is 36.4 Å². The summed E-state index contributed by atoms with van der Waals surface area (Å²) < 4.78 is 44.3. The van der Waals surface area contributed by atoms with Crippen LogP contribution in [0.2, 0.25) is 0 Å². The van der Waals surface area contributed by atoms with E-state index in [0.717, 1.165) is 6.07 Å². The molecule has 21 heavy (non-hydrogen) atoms. The van der Waals surface area contributed by atoms with Crippen molar-refractivity contribution < 1.29 is 17.9 Å². The first-order valence-electron chi connectivity index (χ1n) is 5.88. The zero-order valence-corrected chi connectivity index (χ0v) is 11.4. The summed E-state index contributed by atoms with van der Waals surface area (Å²) in [6, 6.07) is 11.4. The smallest absolute Gasteiger partial charge is 0.419 e. The van der Waals surface area contributed by atoms with E-state index >= 15 is 0 Å². The van der Waals surface area contributed by atoms with E-state index in [1.54, 1.807) is 0 Å². The lowest BCUT2D eigenvalue weighted by atomic mass is 10.1. The highest BCUT2D eigenvalue weighted by atomic mass is 35.5. The fraction of sp³-hybridized carbons (Fsp3) is 0.133. The van der Waals surface area contributed by atoms with E-state index in [4.69, 9.17) is 21.6 Å². The van der Waals surface area contributed by atoms with Crippen LogP contribution in [-0.4, -0.2) is 0 Å². The van der Waals surface area contributed by atoms with Crippen LogP contribution in [0.5, 0.6) is 11.5 Å². The van der Waals surface area contributed by atoms with Crippen LogP contribution in [0.3, 0.4) is 0 Å². The van der Waals surface area contributed by atoms with Crippen molar-refractivity contribution in [3.63, 3.8) is 0 Å². The Morgan fingerprint density at radius 1 is 1.10 bits per heavy atom. The lowest BCUT2D eigenvalue weighted by Crippen LogP contribution is -2.07. The number of ether oxygens (including phenoxy) is 1. The van der Waals surface area contributed by atoms with Crippen LogP contribution in [0.4, 0.5) is 13.2 Å². The quantitative estimate of drug-likeness (QED) is 0.738. The van der Waals surface area contributed by atoms with Gasteiger partial charge in [0.25, 0.3) is 0 Å². The number of halogens is 4. The Labute approximate surface area is 124 Å². The highest BCUT2D eigenvalue weighted by Gasteiger charge is 2.34. The predicted molar refractivity (Wildman–Crippen MR) is 72.2 cm³/mol. The third-order valence-corrected chi connectivity index (χ3v) is 3.02. The van der Waals surface area contributed by atoms with Crippen LogP contribution in [0.25, 0.3) is 0 Å². The summed E-state index contributed by atoms with van der Waals surface area (Å²) in [6.07, 6.45) is -4.54. The number of hydrogen-bond acceptors (Lipinski definition) is 2. The van der Waals surface area contributed by atoms with Gasteiger partial charge in [-0.15, -0.1) is 11.6 Å². The summed E-state index contributed by atoms with van der Waals surface area (Å²) in [5.41, 5.74) is -0.128. The Balaban J connectivity index is 2.36. The fourth-order valence-electron chi connectivity index (χ4n) is 1.70. The molecule has 6 heteroatoms. The fourth-order valence-corrected chi connectivity index (χ4v) is 1.86. The Morgan fingerprint density at radius 2 is 1.76 bits per heavy atom. The molecule has 0 aliphatic heterocycles. The number of nitrogens with zero attached hydrogens (tertiary/aromatic N) is 1. The number of alkyl halides is 4. The van der Waals surface area contributed by atoms with Gasteiger partial charge < -0.3 is 4.74 Å². The lowest BCUT2D eigenvalue weighted by molar-refractivity contribution is -0.138. The monoisotopic (exact) mass is 311 g/mol. The van der Waals surface area contributed by atoms with Crippen molar-refractivity contribution in [1.29, 1.82) is 5.26 Å². The standard InChI is InChI=1S/C15H9ClF3NO/c16-8-11-3-6-14(13(7-11)15(17,18)19)21-12-4-1-10(9-20)2-5-12/h1-7H,8H2. The highest BCUT2D eigenvalue weighted by Crippen LogP contribution is 2.38. The molecule has 0 spiro atoms. The summed E-state index contributed by atoms with van der Waals surface area (Å²) in [5, 5.41) is 8.67. The molecular weight excluding hydrogens is 303 g/mol. The molecule has 0 aliphatic carbocycles. The van der Waals surface area contributed by atoms with Crippen LogP contribution in [-0.2, 0) is 12.1 Å². The van der Waals surface area contributed by atoms with Gasteiger partial charge in [-0.05, 0) is 42.0 Å². The van der Waals surface area contributed by atoms with Crippen LogP contribution >= 0.6 is 11.6 Å². The van der Waals surface area contributed by atoms with Gasteiger partial charge in [0, 0.05) is 5.88 Å². The van der Waals surface area contributed by atoms with Gasteiger partial charge in [0.05, 0.1) is 17.2 Å². The van der Waals surface area contributed by atoms with Crippen LogP contribution < -0.4 is 4.74 Å². The maximum Gasteiger partial charge on any atom is 0.419 e. The Morgan fingerprint density at radius 3 is 2.29 bits per heavy atom. The molecule has 0 atom stereocenters. The minimum absolute atomic E-state index is 0.0137. The molecule has 108 valence electrons. The maximum atomic E-state index is 13.0. The van der Waals surface area contributed by atoms with E-state index in [-0.39, 0.29) is 17.4 Å². The highest BCUT2D eigenvalue weighted by molar-refractivity contribution is 6.17. The van der Waals surface area contributed by atoms with Gasteiger partial charge in [-0.25, -0.2) is 0 Å². The summed E-state index contributed by atoms with van der Waals surface area (Å²) >= 11 is 5.56. The molecule has 0 aliphatic rings. The molecule has 0 saturated carbocycles. The summed E-state index contributed by atoms with van der Waals surface area (Å²) in [6.45, 7) is 0. The summed E-state index contributed by atoms with van der Waals surface area (Å²) in [4.78, 5) is 0. The van der Waals surface area contributed by atoms with Gasteiger partial charge in [-0.3, -0.25) is 0 Å². The maximum absolute atomic E-state index is 13.0. The molecule has 0 bridgehead atoms. The Hall–Kier alpha value is -2.19. The average Bonchev–Trinajstić information content (AvgIpc) is 2.47. The number of benzene rings is 2. The second-order valence-corrected chi connectivity index (χ2v) is 4.47. The van der Waals surface area contributed by atoms with Crippen molar-refractivity contribution >= 4 is 11.6 Å². The van der Waals surface area contributed by atoms with Gasteiger partial charge in [0.15, 0.2) is 0 Å². The lowest BCUT2D eigenvalue weighted by Gasteiger charge is -2.14. The van der Waals surface area contributed by atoms with E-state index < -0.39 is 11.7 Å². The first-order chi connectivity index (χ1) is 9.94. The molecule has 0 heterocycles. The normalized spacial score (nSPS) is 11.0. The predicted octanol–water partition coefficient (Wildman–Crippen LogP) is 5.11. The molecule has 2 rings (SSSR count). The first-order valence-corrected chi connectivity index (χ1v) is 6.41. The van der Waals surface area contributed by atoms with E-state index in [0.29, 0.717) is 11.1 Å². The van der Waals surface area contributed by atoms with Crippen molar-refractivity contribution in [2.75, 3.05) is 0 Å². The third-order valence-electron chi connectivity index (χ3n) is 2.71. The summed E-state index contributed by atoms with van der Waals surface area (Å²) in [7, 11) is 0. The molecule has 0 fully saturated rings. The van der Waals surface area contributed by atoms with Crippen LogP contribution in [0.15, 0.2) is 42.5 Å². The van der Waals surface area contributed by atoms with Crippen molar-refractivity contribution in [2.45, 2.75) is 12.1 Å². The number of nitriles is 1.